The van der Waals surface area contributed by atoms with Crippen molar-refractivity contribution in [2.45, 2.75) is 19.9 Å². The minimum atomic E-state index is -0.503. The Bertz CT molecular complexity index is 967. The highest BCUT2D eigenvalue weighted by molar-refractivity contribution is 5.87. The van der Waals surface area contributed by atoms with E-state index in [1.807, 2.05) is 22.8 Å². The van der Waals surface area contributed by atoms with E-state index in [9.17, 15) is 14.0 Å². The van der Waals surface area contributed by atoms with Gasteiger partial charge in [0, 0.05) is 44.1 Å². The second-order valence-electron chi connectivity index (χ2n) is 7.69. The van der Waals surface area contributed by atoms with Crippen molar-refractivity contribution in [2.24, 2.45) is 11.8 Å². The lowest BCUT2D eigenvalue weighted by atomic mass is 9.89. The van der Waals surface area contributed by atoms with Crippen molar-refractivity contribution in [1.82, 2.24) is 14.9 Å². The average Bonchev–Trinajstić information content (AvgIpc) is 3.24. The first kappa shape index (κ1) is 19.3. The van der Waals surface area contributed by atoms with E-state index < -0.39 is 5.97 Å². The van der Waals surface area contributed by atoms with Crippen LogP contribution in [-0.2, 0) is 9.53 Å². The maximum absolute atomic E-state index is 13.9. The van der Waals surface area contributed by atoms with Gasteiger partial charge in [0.25, 0.3) is 0 Å². The van der Waals surface area contributed by atoms with Gasteiger partial charge in [-0.2, -0.15) is 0 Å². The van der Waals surface area contributed by atoms with Gasteiger partial charge in [-0.15, -0.1) is 0 Å². The molecule has 0 radical (unpaired) electrons. The molecular weight excluding hydrogens is 375 g/mol. The molecule has 1 amide bonds. The van der Waals surface area contributed by atoms with Crippen LogP contribution < -0.4 is 4.90 Å². The number of aromatic nitrogens is 2. The zero-order valence-corrected chi connectivity index (χ0v) is 16.6. The fourth-order valence-corrected chi connectivity index (χ4v) is 4.55. The molecule has 0 aliphatic carbocycles. The van der Waals surface area contributed by atoms with Crippen LogP contribution in [0, 0.1) is 24.6 Å². The van der Waals surface area contributed by atoms with Crippen LogP contribution >= 0.6 is 0 Å². The molecule has 2 aliphatic rings. The monoisotopic (exact) mass is 398 g/mol. The summed E-state index contributed by atoms with van der Waals surface area (Å²) in [6, 6.07) is 7.86. The number of ether oxygens (including phenoxy) is 1. The summed E-state index contributed by atoms with van der Waals surface area (Å²) in [5.41, 5.74) is 1.70. The molecule has 1 aromatic carbocycles. The first-order valence-corrected chi connectivity index (χ1v) is 9.59. The summed E-state index contributed by atoms with van der Waals surface area (Å²) in [6.45, 7) is 5.26. The van der Waals surface area contributed by atoms with Gasteiger partial charge in [-0.05, 0) is 30.7 Å². The van der Waals surface area contributed by atoms with Crippen molar-refractivity contribution < 1.29 is 18.7 Å². The Labute approximate surface area is 168 Å². The number of hydrogen-bond donors (Lipinski definition) is 0. The van der Waals surface area contributed by atoms with Gasteiger partial charge in [0.15, 0.2) is 5.69 Å². The summed E-state index contributed by atoms with van der Waals surface area (Å²) in [7, 11) is 1.32. The highest BCUT2D eigenvalue weighted by Gasteiger charge is 2.49. The van der Waals surface area contributed by atoms with Gasteiger partial charge in [-0.1, -0.05) is 12.1 Å². The zero-order valence-electron chi connectivity index (χ0n) is 16.6. The number of likely N-dealkylation sites (tertiary alicyclic amines) is 1. The molecule has 152 valence electrons. The number of halogens is 1. The van der Waals surface area contributed by atoms with Crippen molar-refractivity contribution in [3.8, 4) is 0 Å². The van der Waals surface area contributed by atoms with Crippen LogP contribution in [0.5, 0.6) is 0 Å². The van der Waals surface area contributed by atoms with Crippen molar-refractivity contribution in [3.05, 3.63) is 53.1 Å². The summed E-state index contributed by atoms with van der Waals surface area (Å²) < 4.78 is 18.6. The molecule has 2 aliphatic heterocycles. The number of aryl methyl sites for hydroxylation is 1. The molecule has 4 rings (SSSR count). The van der Waals surface area contributed by atoms with Crippen LogP contribution in [0.3, 0.4) is 0 Å². The van der Waals surface area contributed by atoms with E-state index in [-0.39, 0.29) is 35.3 Å². The first-order valence-electron chi connectivity index (χ1n) is 9.59. The number of nitrogens with zero attached hydrogens (tertiary/aromatic N) is 4. The summed E-state index contributed by atoms with van der Waals surface area (Å²) in [6.07, 6.45) is 0. The van der Waals surface area contributed by atoms with E-state index in [2.05, 4.69) is 9.97 Å². The van der Waals surface area contributed by atoms with Crippen LogP contribution in [0.1, 0.15) is 34.7 Å². The maximum atomic E-state index is 13.9. The molecule has 0 N–H and O–H groups in total. The minimum Gasteiger partial charge on any atom is -0.464 e. The lowest BCUT2D eigenvalue weighted by Crippen LogP contribution is -2.35. The largest absolute Gasteiger partial charge is 0.464 e. The number of amides is 1. The molecule has 3 atom stereocenters. The third-order valence-electron chi connectivity index (χ3n) is 5.78. The van der Waals surface area contributed by atoms with Gasteiger partial charge in [0.1, 0.15) is 5.82 Å². The quantitative estimate of drug-likeness (QED) is 0.739. The van der Waals surface area contributed by atoms with Gasteiger partial charge < -0.3 is 14.5 Å². The van der Waals surface area contributed by atoms with E-state index >= 15 is 0 Å². The fraction of sp³-hybridized carbons (Fsp3) is 0.429. The standard InChI is InChI=1S/C21H23FN4O3/c1-12-7-18(20(28)29-3)24-21(23-12)25-9-15-10-26(13(2)27)19(17(15)11-25)14-5-4-6-16(22)8-14/h4-8,15,17,19H,9-11H2,1-3H3/t15-,17-,19+/m1/s1. The molecular formula is C21H23FN4O3. The Morgan fingerprint density at radius 1 is 1.17 bits per heavy atom. The number of esters is 1. The van der Waals surface area contributed by atoms with Crippen molar-refractivity contribution in [1.29, 1.82) is 0 Å². The summed E-state index contributed by atoms with van der Waals surface area (Å²) in [4.78, 5) is 36.9. The van der Waals surface area contributed by atoms with Crippen LogP contribution in [0.25, 0.3) is 0 Å². The smallest absolute Gasteiger partial charge is 0.356 e. The van der Waals surface area contributed by atoms with Gasteiger partial charge >= 0.3 is 5.97 Å². The third-order valence-corrected chi connectivity index (χ3v) is 5.78. The van der Waals surface area contributed by atoms with E-state index in [1.54, 1.807) is 19.1 Å². The first-order chi connectivity index (χ1) is 13.9. The molecule has 8 heteroatoms. The van der Waals surface area contributed by atoms with Crippen molar-refractivity contribution >= 4 is 17.8 Å². The highest BCUT2D eigenvalue weighted by atomic mass is 19.1. The molecule has 2 saturated heterocycles. The summed E-state index contributed by atoms with van der Waals surface area (Å²) in [5.74, 6) is 0.00184. The van der Waals surface area contributed by atoms with E-state index in [4.69, 9.17) is 4.74 Å². The maximum Gasteiger partial charge on any atom is 0.356 e. The Morgan fingerprint density at radius 2 is 1.97 bits per heavy atom. The lowest BCUT2D eigenvalue weighted by Gasteiger charge is -2.29. The molecule has 29 heavy (non-hydrogen) atoms. The Balaban J connectivity index is 1.64. The third kappa shape index (κ3) is 3.54. The molecule has 2 fully saturated rings. The Kier molecular flexibility index (Phi) is 4.94. The van der Waals surface area contributed by atoms with Crippen LogP contribution in [0.2, 0.25) is 0 Å². The van der Waals surface area contributed by atoms with Crippen LogP contribution in [0.15, 0.2) is 30.3 Å². The average molecular weight is 398 g/mol. The molecule has 0 unspecified atom stereocenters. The number of rotatable bonds is 3. The number of fused-ring (bicyclic) bond motifs is 1. The lowest BCUT2D eigenvalue weighted by molar-refractivity contribution is -0.130. The Morgan fingerprint density at radius 3 is 2.66 bits per heavy atom. The zero-order chi connectivity index (χ0) is 20.7. The van der Waals surface area contributed by atoms with Gasteiger partial charge in [-0.25, -0.2) is 19.2 Å². The number of anilines is 1. The molecule has 2 aromatic rings. The number of methoxy groups -OCH3 is 1. The molecule has 0 spiro atoms. The predicted octanol–water partition coefficient (Wildman–Crippen LogP) is 2.37. The summed E-state index contributed by atoms with van der Waals surface area (Å²) >= 11 is 0. The molecule has 0 saturated carbocycles. The number of hydrogen-bond acceptors (Lipinski definition) is 6. The topological polar surface area (TPSA) is 75.6 Å². The molecule has 0 bridgehead atoms. The minimum absolute atomic E-state index is 0.0139. The summed E-state index contributed by atoms with van der Waals surface area (Å²) in [5, 5.41) is 0. The van der Waals surface area contributed by atoms with E-state index in [0.717, 1.165) is 5.56 Å². The highest BCUT2D eigenvalue weighted by Crippen LogP contribution is 2.45. The van der Waals surface area contributed by atoms with E-state index in [1.165, 1.54) is 19.2 Å². The van der Waals surface area contributed by atoms with E-state index in [0.29, 0.717) is 31.3 Å². The fourth-order valence-electron chi connectivity index (χ4n) is 4.55. The predicted molar refractivity (Wildman–Crippen MR) is 104 cm³/mol. The van der Waals surface area contributed by atoms with Crippen molar-refractivity contribution in [3.63, 3.8) is 0 Å². The second kappa shape index (κ2) is 7.42. The second-order valence-corrected chi connectivity index (χ2v) is 7.69. The molecule has 3 heterocycles. The van der Waals surface area contributed by atoms with Crippen molar-refractivity contribution in [2.75, 3.05) is 31.6 Å². The van der Waals surface area contributed by atoms with Gasteiger partial charge in [-0.3, -0.25) is 4.79 Å². The molecule has 1 aromatic heterocycles. The number of benzene rings is 1. The van der Waals surface area contributed by atoms with Crippen LogP contribution in [0.4, 0.5) is 10.3 Å². The Hall–Kier alpha value is -3.03. The normalized spacial score (nSPS) is 23.2. The molecule has 7 nitrogen and oxygen atoms in total. The number of carbonyl (C=O) groups is 2. The van der Waals surface area contributed by atoms with Gasteiger partial charge in [0.2, 0.25) is 11.9 Å². The SMILES string of the molecule is COC(=O)c1cc(C)nc(N2C[C@@H]3CN(C(C)=O)[C@@H](c4cccc(F)c4)[C@@H]3C2)n1. The van der Waals surface area contributed by atoms with Crippen LogP contribution in [-0.4, -0.2) is 53.5 Å². The van der Waals surface area contributed by atoms with Gasteiger partial charge in [0.05, 0.1) is 13.2 Å². The number of carbonyl (C=O) groups excluding carboxylic acids is 2.